The number of fused-ring (bicyclic) bond motifs is 1. The van der Waals surface area contributed by atoms with Gasteiger partial charge in [-0.25, -0.2) is 4.98 Å². The lowest BCUT2D eigenvalue weighted by molar-refractivity contribution is -0.121. The molecule has 0 saturated carbocycles. The number of nitrogen functional groups attached to an aromatic ring is 1. The Morgan fingerprint density at radius 3 is 3.10 bits per heavy atom. The van der Waals surface area contributed by atoms with Crippen LogP contribution in [0.2, 0.25) is 0 Å². The Labute approximate surface area is 124 Å². The molecule has 0 aliphatic heterocycles. The summed E-state index contributed by atoms with van der Waals surface area (Å²) in [5.74, 6) is 0.567. The third-order valence-corrected chi connectivity index (χ3v) is 3.74. The molecule has 21 heavy (non-hydrogen) atoms. The van der Waals surface area contributed by atoms with Crippen LogP contribution in [0.4, 0.5) is 5.13 Å². The molecule has 3 aromatic heterocycles. The third-order valence-electron chi connectivity index (χ3n) is 3.02. The summed E-state index contributed by atoms with van der Waals surface area (Å²) in [4.78, 5) is 16.1. The molecule has 1 atom stereocenters. The van der Waals surface area contributed by atoms with Crippen molar-refractivity contribution in [2.75, 3.05) is 5.73 Å². The Balaban J connectivity index is 1.71. The molecule has 0 aliphatic rings. The summed E-state index contributed by atoms with van der Waals surface area (Å²) in [6.07, 6.45) is 2.07. The predicted molar refractivity (Wildman–Crippen MR) is 79.8 cm³/mol. The number of rotatable bonds is 4. The van der Waals surface area contributed by atoms with Gasteiger partial charge in [0.05, 0.1) is 18.2 Å². The molecule has 0 bridgehead atoms. The first-order valence-electron chi connectivity index (χ1n) is 6.42. The topological polar surface area (TPSA) is 98.2 Å². The van der Waals surface area contributed by atoms with Gasteiger partial charge in [0.1, 0.15) is 0 Å². The number of hydrogen-bond donors (Lipinski definition) is 2. The number of carbonyl (C=O) groups excluding carboxylic acids is 1. The maximum atomic E-state index is 12.0. The summed E-state index contributed by atoms with van der Waals surface area (Å²) in [5.41, 5.74) is 6.97. The Kier molecular flexibility index (Phi) is 3.53. The zero-order chi connectivity index (χ0) is 14.8. The number of nitrogens with two attached hydrogens (primary N) is 1. The molecule has 1 unspecified atom stereocenters. The monoisotopic (exact) mass is 302 g/mol. The Bertz CT molecular complexity index is 780. The SMILES string of the molecule is CC(NC(=O)Cc1csc(N)n1)c1nnc2ccccn12. The van der Waals surface area contributed by atoms with Crippen molar-refractivity contribution in [1.29, 1.82) is 0 Å². The highest BCUT2D eigenvalue weighted by molar-refractivity contribution is 7.13. The summed E-state index contributed by atoms with van der Waals surface area (Å²) in [6.45, 7) is 1.87. The molecule has 3 heterocycles. The van der Waals surface area contributed by atoms with E-state index in [1.165, 1.54) is 11.3 Å². The zero-order valence-corrected chi connectivity index (χ0v) is 12.2. The fourth-order valence-corrected chi connectivity index (χ4v) is 2.64. The standard InChI is InChI=1S/C13H14N6OS/c1-8(12-18-17-10-4-2-3-5-19(10)12)15-11(20)6-9-7-21-13(14)16-9/h2-5,7-8H,6H2,1H3,(H2,14,16)(H,15,20). The van der Waals surface area contributed by atoms with Crippen LogP contribution in [0.1, 0.15) is 24.5 Å². The van der Waals surface area contributed by atoms with Gasteiger partial charge in [-0.15, -0.1) is 21.5 Å². The minimum absolute atomic E-state index is 0.125. The number of thiazole rings is 1. The van der Waals surface area contributed by atoms with Crippen LogP contribution in [0.5, 0.6) is 0 Å². The maximum Gasteiger partial charge on any atom is 0.226 e. The van der Waals surface area contributed by atoms with Gasteiger partial charge < -0.3 is 11.1 Å². The quantitative estimate of drug-likeness (QED) is 0.754. The van der Waals surface area contributed by atoms with E-state index >= 15 is 0 Å². The molecule has 0 aromatic carbocycles. The summed E-state index contributed by atoms with van der Waals surface area (Å²) in [7, 11) is 0. The number of hydrogen-bond acceptors (Lipinski definition) is 6. The lowest BCUT2D eigenvalue weighted by Gasteiger charge is -2.11. The Morgan fingerprint density at radius 1 is 1.48 bits per heavy atom. The van der Waals surface area contributed by atoms with E-state index in [4.69, 9.17) is 5.73 Å². The molecule has 3 N–H and O–H groups in total. The number of nitrogens with zero attached hydrogens (tertiary/aromatic N) is 4. The lowest BCUT2D eigenvalue weighted by atomic mass is 10.2. The van der Waals surface area contributed by atoms with E-state index < -0.39 is 0 Å². The van der Waals surface area contributed by atoms with Gasteiger partial charge in [0.15, 0.2) is 16.6 Å². The van der Waals surface area contributed by atoms with E-state index in [9.17, 15) is 4.79 Å². The van der Waals surface area contributed by atoms with Crippen molar-refractivity contribution in [2.24, 2.45) is 0 Å². The van der Waals surface area contributed by atoms with Crippen molar-refractivity contribution in [1.82, 2.24) is 24.9 Å². The number of amides is 1. The van der Waals surface area contributed by atoms with Crippen LogP contribution in [0.15, 0.2) is 29.8 Å². The van der Waals surface area contributed by atoms with Crippen LogP contribution in [0.3, 0.4) is 0 Å². The first kappa shape index (κ1) is 13.5. The van der Waals surface area contributed by atoms with Gasteiger partial charge in [0, 0.05) is 11.6 Å². The smallest absolute Gasteiger partial charge is 0.226 e. The molecule has 3 rings (SSSR count). The summed E-state index contributed by atoms with van der Waals surface area (Å²) in [6, 6.07) is 5.41. The van der Waals surface area contributed by atoms with Gasteiger partial charge in [-0.2, -0.15) is 0 Å². The van der Waals surface area contributed by atoms with E-state index in [2.05, 4.69) is 20.5 Å². The van der Waals surface area contributed by atoms with Gasteiger partial charge in [-0.1, -0.05) is 6.07 Å². The summed E-state index contributed by atoms with van der Waals surface area (Å²) >= 11 is 1.33. The molecule has 1 amide bonds. The number of nitrogens with one attached hydrogen (secondary N) is 1. The lowest BCUT2D eigenvalue weighted by Crippen LogP contribution is -2.29. The van der Waals surface area contributed by atoms with Crippen LogP contribution in [-0.2, 0) is 11.2 Å². The molecular weight excluding hydrogens is 288 g/mol. The molecule has 0 saturated heterocycles. The van der Waals surface area contributed by atoms with Crippen molar-refractivity contribution >= 4 is 28.0 Å². The second-order valence-electron chi connectivity index (χ2n) is 4.63. The van der Waals surface area contributed by atoms with Crippen molar-refractivity contribution in [3.63, 3.8) is 0 Å². The van der Waals surface area contributed by atoms with Crippen LogP contribution in [0, 0.1) is 0 Å². The third kappa shape index (κ3) is 2.84. The molecule has 108 valence electrons. The van der Waals surface area contributed by atoms with E-state index in [1.54, 1.807) is 5.38 Å². The Morgan fingerprint density at radius 2 is 2.33 bits per heavy atom. The molecule has 0 fully saturated rings. The first-order valence-corrected chi connectivity index (χ1v) is 7.30. The minimum atomic E-state index is -0.245. The van der Waals surface area contributed by atoms with E-state index in [1.807, 2.05) is 35.7 Å². The summed E-state index contributed by atoms with van der Waals surface area (Å²) in [5, 5.41) is 13.3. The normalized spacial score (nSPS) is 12.4. The highest BCUT2D eigenvalue weighted by atomic mass is 32.1. The molecule has 3 aromatic rings. The molecule has 8 heteroatoms. The van der Waals surface area contributed by atoms with Crippen molar-refractivity contribution < 1.29 is 4.79 Å². The largest absolute Gasteiger partial charge is 0.375 e. The maximum absolute atomic E-state index is 12.0. The molecule has 7 nitrogen and oxygen atoms in total. The highest BCUT2D eigenvalue weighted by Gasteiger charge is 2.16. The first-order chi connectivity index (χ1) is 10.1. The van der Waals surface area contributed by atoms with Gasteiger partial charge in [0.25, 0.3) is 0 Å². The fraction of sp³-hybridized carbons (Fsp3) is 0.231. The summed E-state index contributed by atoms with van der Waals surface area (Å²) < 4.78 is 1.85. The molecule has 0 spiro atoms. The van der Waals surface area contributed by atoms with Gasteiger partial charge in [-0.05, 0) is 19.1 Å². The van der Waals surface area contributed by atoms with E-state index in [-0.39, 0.29) is 18.4 Å². The number of carbonyl (C=O) groups is 1. The minimum Gasteiger partial charge on any atom is -0.375 e. The zero-order valence-electron chi connectivity index (χ0n) is 11.4. The van der Waals surface area contributed by atoms with Crippen molar-refractivity contribution in [3.05, 3.63) is 41.3 Å². The van der Waals surface area contributed by atoms with Crippen molar-refractivity contribution in [2.45, 2.75) is 19.4 Å². The fourth-order valence-electron chi connectivity index (χ4n) is 2.08. The molecular formula is C13H14N6OS. The average Bonchev–Trinajstić information content (AvgIpc) is 3.04. The van der Waals surface area contributed by atoms with E-state index in [0.717, 1.165) is 5.65 Å². The second kappa shape index (κ2) is 5.49. The molecule has 0 radical (unpaired) electrons. The average molecular weight is 302 g/mol. The van der Waals surface area contributed by atoms with Crippen molar-refractivity contribution in [3.8, 4) is 0 Å². The van der Waals surface area contributed by atoms with E-state index in [0.29, 0.717) is 16.6 Å². The van der Waals surface area contributed by atoms with Gasteiger partial charge in [-0.3, -0.25) is 9.20 Å². The molecule has 0 aliphatic carbocycles. The Hall–Kier alpha value is -2.48. The number of anilines is 1. The highest BCUT2D eigenvalue weighted by Crippen LogP contribution is 2.14. The number of pyridine rings is 1. The predicted octanol–water partition coefficient (Wildman–Crippen LogP) is 1.19. The van der Waals surface area contributed by atoms with Crippen LogP contribution in [-0.4, -0.2) is 25.5 Å². The van der Waals surface area contributed by atoms with Gasteiger partial charge in [0.2, 0.25) is 5.91 Å². The van der Waals surface area contributed by atoms with Crippen LogP contribution in [0.25, 0.3) is 5.65 Å². The number of aromatic nitrogens is 4. The van der Waals surface area contributed by atoms with Crippen LogP contribution >= 0.6 is 11.3 Å². The van der Waals surface area contributed by atoms with Crippen LogP contribution < -0.4 is 11.1 Å². The van der Waals surface area contributed by atoms with Gasteiger partial charge >= 0.3 is 0 Å². The second-order valence-corrected chi connectivity index (χ2v) is 5.52.